The molecule has 102 valence electrons. The monoisotopic (exact) mass is 249 g/mol. The number of nitrogens with one attached hydrogen (secondary N) is 1. The zero-order valence-electron chi connectivity index (χ0n) is 12.0. The molecule has 2 bridgehead atoms. The summed E-state index contributed by atoms with van der Waals surface area (Å²) in [5.41, 5.74) is 0.391. The zero-order valence-corrected chi connectivity index (χ0v) is 12.0. The van der Waals surface area contributed by atoms with Crippen LogP contribution in [0.1, 0.15) is 59.3 Å². The third-order valence-corrected chi connectivity index (χ3v) is 4.96. The van der Waals surface area contributed by atoms with Gasteiger partial charge in [0, 0.05) is 13.0 Å². The zero-order chi connectivity index (χ0) is 13.2. The summed E-state index contributed by atoms with van der Waals surface area (Å²) < 4.78 is 0. The summed E-state index contributed by atoms with van der Waals surface area (Å²) in [6, 6.07) is 0.301. The maximum absolute atomic E-state index is 11.3. The van der Waals surface area contributed by atoms with E-state index in [9.17, 15) is 4.79 Å². The van der Waals surface area contributed by atoms with Gasteiger partial charge in [-0.1, -0.05) is 31.9 Å². The number of hydrogen-bond donors (Lipinski definition) is 1. The Morgan fingerprint density at radius 1 is 1.56 bits per heavy atom. The average molecular weight is 249 g/mol. The normalized spacial score (nSPS) is 32.5. The Morgan fingerprint density at radius 3 is 2.78 bits per heavy atom. The molecule has 0 spiro atoms. The second-order valence-corrected chi connectivity index (χ2v) is 6.33. The molecular weight excluding hydrogens is 222 g/mol. The second-order valence-electron chi connectivity index (χ2n) is 6.33. The van der Waals surface area contributed by atoms with Crippen molar-refractivity contribution in [3.05, 3.63) is 12.2 Å². The van der Waals surface area contributed by atoms with Crippen molar-refractivity contribution in [2.24, 2.45) is 17.3 Å². The van der Waals surface area contributed by atoms with Crippen LogP contribution in [0.4, 0.5) is 0 Å². The smallest absolute Gasteiger partial charge is 0.217 e. The van der Waals surface area contributed by atoms with Gasteiger partial charge in [-0.25, -0.2) is 0 Å². The van der Waals surface area contributed by atoms with E-state index >= 15 is 0 Å². The van der Waals surface area contributed by atoms with Gasteiger partial charge in [0.05, 0.1) is 0 Å². The molecule has 1 fully saturated rings. The minimum Gasteiger partial charge on any atom is -0.354 e. The fourth-order valence-corrected chi connectivity index (χ4v) is 4.13. The van der Waals surface area contributed by atoms with Gasteiger partial charge >= 0.3 is 0 Å². The van der Waals surface area contributed by atoms with Crippen LogP contribution in [-0.2, 0) is 4.79 Å². The first-order valence-electron chi connectivity index (χ1n) is 7.54. The number of rotatable bonds is 6. The molecule has 0 heterocycles. The Kier molecular flexibility index (Phi) is 4.14. The molecule has 1 N–H and O–H groups in total. The molecule has 2 nitrogen and oxygen atoms in total. The minimum absolute atomic E-state index is 0.108. The lowest BCUT2D eigenvalue weighted by atomic mass is 9.69. The van der Waals surface area contributed by atoms with E-state index in [1.165, 1.54) is 38.5 Å². The Bertz CT molecular complexity index is 336. The van der Waals surface area contributed by atoms with Crippen molar-refractivity contribution in [3.8, 4) is 0 Å². The molecule has 18 heavy (non-hydrogen) atoms. The van der Waals surface area contributed by atoms with Crippen LogP contribution in [0.3, 0.4) is 0 Å². The molecule has 0 aromatic heterocycles. The molecule has 2 rings (SSSR count). The van der Waals surface area contributed by atoms with Crippen LogP contribution in [0, 0.1) is 17.3 Å². The maximum Gasteiger partial charge on any atom is 0.217 e. The summed E-state index contributed by atoms with van der Waals surface area (Å²) in [5, 5.41) is 3.13. The van der Waals surface area contributed by atoms with Gasteiger partial charge in [0.2, 0.25) is 5.91 Å². The predicted molar refractivity (Wildman–Crippen MR) is 75.2 cm³/mol. The van der Waals surface area contributed by atoms with Crippen LogP contribution >= 0.6 is 0 Å². The molecule has 4 atom stereocenters. The number of carbonyl (C=O) groups excluding carboxylic acids is 1. The van der Waals surface area contributed by atoms with E-state index in [4.69, 9.17) is 0 Å². The quantitative estimate of drug-likeness (QED) is 0.715. The van der Waals surface area contributed by atoms with E-state index in [1.54, 1.807) is 6.92 Å². The second kappa shape index (κ2) is 5.46. The third-order valence-electron chi connectivity index (χ3n) is 4.96. The summed E-state index contributed by atoms with van der Waals surface area (Å²) in [6.07, 6.45) is 12.7. The first kappa shape index (κ1) is 13.6. The predicted octanol–water partition coefficient (Wildman–Crippen LogP) is 3.67. The molecule has 0 aliphatic heterocycles. The SMILES string of the molecule is CCCCC(C(C)NC(C)=O)C12C=CC(CC1)C2. The summed E-state index contributed by atoms with van der Waals surface area (Å²) in [7, 11) is 0. The highest BCUT2D eigenvalue weighted by atomic mass is 16.1. The topological polar surface area (TPSA) is 29.1 Å². The molecule has 0 aromatic carbocycles. The van der Waals surface area contributed by atoms with E-state index < -0.39 is 0 Å². The molecule has 2 aliphatic carbocycles. The number of fused-ring (bicyclic) bond motifs is 2. The molecule has 2 aliphatic rings. The lowest BCUT2D eigenvalue weighted by Gasteiger charge is -2.38. The van der Waals surface area contributed by atoms with Gasteiger partial charge in [-0.05, 0) is 49.9 Å². The maximum atomic E-state index is 11.3. The van der Waals surface area contributed by atoms with Gasteiger partial charge in [-0.2, -0.15) is 0 Å². The van der Waals surface area contributed by atoms with Crippen molar-refractivity contribution in [1.82, 2.24) is 5.32 Å². The number of unbranched alkanes of at least 4 members (excludes halogenated alkanes) is 1. The lowest BCUT2D eigenvalue weighted by molar-refractivity contribution is -0.120. The molecule has 1 amide bonds. The van der Waals surface area contributed by atoms with Gasteiger partial charge in [-0.15, -0.1) is 0 Å². The van der Waals surface area contributed by atoms with Gasteiger partial charge in [-0.3, -0.25) is 4.79 Å². The molecule has 0 radical (unpaired) electrons. The Hall–Kier alpha value is -0.790. The number of hydrogen-bond acceptors (Lipinski definition) is 1. The van der Waals surface area contributed by atoms with Crippen molar-refractivity contribution < 1.29 is 4.79 Å². The molecular formula is C16H27NO. The first-order chi connectivity index (χ1) is 8.57. The summed E-state index contributed by atoms with van der Waals surface area (Å²) in [6.45, 7) is 6.07. The number of amides is 1. The number of allylic oxidation sites excluding steroid dienone is 2. The van der Waals surface area contributed by atoms with Crippen molar-refractivity contribution in [1.29, 1.82) is 0 Å². The third kappa shape index (κ3) is 2.62. The highest BCUT2D eigenvalue weighted by Gasteiger charge is 2.47. The number of carbonyl (C=O) groups is 1. The van der Waals surface area contributed by atoms with Gasteiger partial charge in [0.15, 0.2) is 0 Å². The Balaban J connectivity index is 2.09. The van der Waals surface area contributed by atoms with E-state index in [0.29, 0.717) is 17.4 Å². The van der Waals surface area contributed by atoms with Crippen molar-refractivity contribution in [2.45, 2.75) is 65.3 Å². The average Bonchev–Trinajstić information content (AvgIpc) is 2.89. The van der Waals surface area contributed by atoms with Crippen molar-refractivity contribution >= 4 is 5.91 Å². The summed E-state index contributed by atoms with van der Waals surface area (Å²) in [4.78, 5) is 11.3. The minimum atomic E-state index is 0.108. The first-order valence-corrected chi connectivity index (χ1v) is 7.54. The Morgan fingerprint density at radius 2 is 2.33 bits per heavy atom. The van der Waals surface area contributed by atoms with Crippen LogP contribution < -0.4 is 5.32 Å². The van der Waals surface area contributed by atoms with Gasteiger partial charge in [0.25, 0.3) is 0 Å². The highest BCUT2D eigenvalue weighted by molar-refractivity contribution is 5.73. The van der Waals surface area contributed by atoms with Crippen molar-refractivity contribution in [2.75, 3.05) is 0 Å². The molecule has 2 heteroatoms. The van der Waals surface area contributed by atoms with E-state index in [0.717, 1.165) is 5.92 Å². The Labute approximate surface area is 111 Å². The molecule has 0 saturated heterocycles. The van der Waals surface area contributed by atoms with E-state index in [2.05, 4.69) is 31.3 Å². The van der Waals surface area contributed by atoms with Crippen LogP contribution in [0.5, 0.6) is 0 Å². The summed E-state index contributed by atoms with van der Waals surface area (Å²) >= 11 is 0. The summed E-state index contributed by atoms with van der Waals surface area (Å²) in [5.74, 6) is 1.54. The fourth-order valence-electron chi connectivity index (χ4n) is 4.13. The van der Waals surface area contributed by atoms with E-state index in [-0.39, 0.29) is 5.91 Å². The lowest BCUT2D eigenvalue weighted by Crippen LogP contribution is -2.43. The largest absolute Gasteiger partial charge is 0.354 e. The highest BCUT2D eigenvalue weighted by Crippen LogP contribution is 2.55. The molecule has 4 unspecified atom stereocenters. The van der Waals surface area contributed by atoms with Crippen LogP contribution in [0.2, 0.25) is 0 Å². The molecule has 1 saturated carbocycles. The van der Waals surface area contributed by atoms with E-state index in [1.807, 2.05) is 0 Å². The molecule has 0 aromatic rings. The van der Waals surface area contributed by atoms with Crippen molar-refractivity contribution in [3.63, 3.8) is 0 Å². The fraction of sp³-hybridized carbons (Fsp3) is 0.812. The van der Waals surface area contributed by atoms with Gasteiger partial charge < -0.3 is 5.32 Å². The van der Waals surface area contributed by atoms with Crippen LogP contribution in [0.15, 0.2) is 12.2 Å². The van der Waals surface area contributed by atoms with Crippen LogP contribution in [-0.4, -0.2) is 11.9 Å². The standard InChI is InChI=1S/C16H27NO/c1-4-5-6-15(12(2)17-13(3)18)16-9-7-14(11-16)8-10-16/h7,9,12,14-15H,4-6,8,10-11H2,1-3H3,(H,17,18). The van der Waals surface area contributed by atoms with Crippen LogP contribution in [0.25, 0.3) is 0 Å². The van der Waals surface area contributed by atoms with Gasteiger partial charge in [0.1, 0.15) is 0 Å².